The van der Waals surface area contributed by atoms with Gasteiger partial charge in [-0.3, -0.25) is 0 Å². The summed E-state index contributed by atoms with van der Waals surface area (Å²) in [4.78, 5) is 0. The minimum absolute atomic E-state index is 0.795. The zero-order valence-corrected chi connectivity index (χ0v) is 10.1. The van der Waals surface area contributed by atoms with E-state index in [9.17, 15) is 0 Å². The second-order valence-electron chi connectivity index (χ2n) is 3.80. The molecule has 0 aliphatic rings. The van der Waals surface area contributed by atoms with Gasteiger partial charge in [0.15, 0.2) is 0 Å². The number of rotatable bonds is 6. The molecule has 1 aromatic heterocycles. The van der Waals surface area contributed by atoms with Gasteiger partial charge >= 0.3 is 0 Å². The van der Waals surface area contributed by atoms with Crippen molar-refractivity contribution in [1.29, 1.82) is 0 Å². The van der Waals surface area contributed by atoms with E-state index < -0.39 is 0 Å². The van der Waals surface area contributed by atoms with Crippen LogP contribution in [0.1, 0.15) is 19.3 Å². The van der Waals surface area contributed by atoms with E-state index in [4.69, 9.17) is 5.73 Å². The summed E-state index contributed by atoms with van der Waals surface area (Å²) in [6.07, 6.45) is 3.48. The van der Waals surface area contributed by atoms with E-state index in [2.05, 4.69) is 21.8 Å². The van der Waals surface area contributed by atoms with Crippen molar-refractivity contribution in [3.8, 4) is 0 Å². The van der Waals surface area contributed by atoms with E-state index in [0.29, 0.717) is 0 Å². The van der Waals surface area contributed by atoms with Crippen LogP contribution in [0.15, 0.2) is 24.3 Å². The zero-order chi connectivity index (χ0) is 11.2. The van der Waals surface area contributed by atoms with Crippen LogP contribution in [0.2, 0.25) is 0 Å². The fourth-order valence-electron chi connectivity index (χ4n) is 1.66. The Morgan fingerprint density at radius 3 is 2.94 bits per heavy atom. The van der Waals surface area contributed by atoms with Crippen LogP contribution >= 0.6 is 11.5 Å². The van der Waals surface area contributed by atoms with Crippen LogP contribution in [0.5, 0.6) is 0 Å². The van der Waals surface area contributed by atoms with Crippen LogP contribution in [0.25, 0.3) is 10.9 Å². The molecule has 0 bridgehead atoms. The zero-order valence-electron chi connectivity index (χ0n) is 9.28. The average molecular weight is 235 g/mol. The molecule has 3 nitrogen and oxygen atoms in total. The molecular formula is C12H17N3S. The Bertz CT molecular complexity index is 439. The minimum atomic E-state index is 0.795. The fraction of sp³-hybridized carbons (Fsp3) is 0.417. The largest absolute Gasteiger partial charge is 0.375 e. The summed E-state index contributed by atoms with van der Waals surface area (Å²) < 4.78 is 4.39. The van der Waals surface area contributed by atoms with Crippen molar-refractivity contribution in [2.75, 3.05) is 18.4 Å². The molecule has 0 amide bonds. The van der Waals surface area contributed by atoms with E-state index in [1.807, 2.05) is 12.1 Å². The van der Waals surface area contributed by atoms with Gasteiger partial charge in [-0.05, 0) is 43.1 Å². The molecular weight excluding hydrogens is 218 g/mol. The highest BCUT2D eigenvalue weighted by Gasteiger charge is 2.03. The van der Waals surface area contributed by atoms with Crippen molar-refractivity contribution in [2.45, 2.75) is 19.3 Å². The number of anilines is 1. The number of fused-ring (bicyclic) bond motifs is 1. The Balaban J connectivity index is 1.89. The number of nitrogens with two attached hydrogens (primary N) is 1. The summed E-state index contributed by atoms with van der Waals surface area (Å²) in [7, 11) is 0. The molecule has 4 heteroatoms. The molecule has 2 rings (SSSR count). The van der Waals surface area contributed by atoms with E-state index in [-0.39, 0.29) is 0 Å². The topological polar surface area (TPSA) is 50.9 Å². The van der Waals surface area contributed by atoms with Gasteiger partial charge in [-0.2, -0.15) is 4.37 Å². The smallest absolute Gasteiger partial charge is 0.117 e. The molecule has 0 saturated carbocycles. The van der Waals surface area contributed by atoms with Crippen LogP contribution in [0.3, 0.4) is 0 Å². The molecule has 0 aliphatic carbocycles. The van der Waals surface area contributed by atoms with Gasteiger partial charge in [0.1, 0.15) is 5.00 Å². The SMILES string of the molecule is NCCCCCNc1snc2ccccc12. The molecule has 0 aliphatic heterocycles. The van der Waals surface area contributed by atoms with Crippen molar-refractivity contribution in [2.24, 2.45) is 5.73 Å². The van der Waals surface area contributed by atoms with Crippen molar-refractivity contribution >= 4 is 27.4 Å². The first-order valence-electron chi connectivity index (χ1n) is 5.70. The molecule has 0 spiro atoms. The molecule has 1 aromatic carbocycles. The predicted octanol–water partition coefficient (Wildman–Crippen LogP) is 2.84. The number of nitrogens with one attached hydrogen (secondary N) is 1. The third-order valence-corrected chi connectivity index (χ3v) is 3.39. The summed E-state index contributed by atoms with van der Waals surface area (Å²) in [5.74, 6) is 0. The molecule has 16 heavy (non-hydrogen) atoms. The monoisotopic (exact) mass is 235 g/mol. The van der Waals surface area contributed by atoms with Gasteiger partial charge < -0.3 is 11.1 Å². The number of benzene rings is 1. The lowest BCUT2D eigenvalue weighted by molar-refractivity contribution is 0.708. The van der Waals surface area contributed by atoms with Gasteiger partial charge in [0.25, 0.3) is 0 Å². The van der Waals surface area contributed by atoms with Gasteiger partial charge in [0.2, 0.25) is 0 Å². The third kappa shape index (κ3) is 2.71. The van der Waals surface area contributed by atoms with Gasteiger partial charge in [-0.25, -0.2) is 0 Å². The number of aromatic nitrogens is 1. The van der Waals surface area contributed by atoms with Crippen molar-refractivity contribution < 1.29 is 0 Å². The van der Waals surface area contributed by atoms with E-state index in [0.717, 1.165) is 25.0 Å². The van der Waals surface area contributed by atoms with Crippen LogP contribution < -0.4 is 11.1 Å². The number of unbranched alkanes of at least 4 members (excludes halogenated alkanes) is 2. The molecule has 0 radical (unpaired) electrons. The lowest BCUT2D eigenvalue weighted by Crippen LogP contribution is -2.03. The maximum atomic E-state index is 5.45. The molecule has 0 unspecified atom stereocenters. The quantitative estimate of drug-likeness (QED) is 0.757. The first-order valence-corrected chi connectivity index (χ1v) is 6.47. The highest BCUT2D eigenvalue weighted by atomic mass is 32.1. The lowest BCUT2D eigenvalue weighted by atomic mass is 10.2. The maximum absolute atomic E-state index is 5.45. The lowest BCUT2D eigenvalue weighted by Gasteiger charge is -2.03. The summed E-state index contributed by atoms with van der Waals surface area (Å²) in [5.41, 5.74) is 6.53. The maximum Gasteiger partial charge on any atom is 0.117 e. The minimum Gasteiger partial charge on any atom is -0.375 e. The van der Waals surface area contributed by atoms with Gasteiger partial charge in [-0.1, -0.05) is 18.6 Å². The second-order valence-corrected chi connectivity index (χ2v) is 4.58. The molecule has 0 atom stereocenters. The van der Waals surface area contributed by atoms with Crippen LogP contribution in [0, 0.1) is 0 Å². The molecule has 86 valence electrons. The highest BCUT2D eigenvalue weighted by Crippen LogP contribution is 2.27. The van der Waals surface area contributed by atoms with Crippen molar-refractivity contribution in [3.63, 3.8) is 0 Å². The van der Waals surface area contributed by atoms with Crippen molar-refractivity contribution in [3.05, 3.63) is 24.3 Å². The first-order chi connectivity index (χ1) is 7.92. The number of hydrogen-bond donors (Lipinski definition) is 2. The molecule has 3 N–H and O–H groups in total. The van der Waals surface area contributed by atoms with Crippen LogP contribution in [-0.4, -0.2) is 17.5 Å². The van der Waals surface area contributed by atoms with Gasteiger partial charge in [0, 0.05) is 11.9 Å². The Morgan fingerprint density at radius 2 is 2.06 bits per heavy atom. The predicted molar refractivity (Wildman–Crippen MR) is 71.0 cm³/mol. The van der Waals surface area contributed by atoms with Crippen molar-refractivity contribution in [1.82, 2.24) is 4.37 Å². The average Bonchev–Trinajstić information content (AvgIpc) is 2.73. The Kier molecular flexibility index (Phi) is 4.13. The van der Waals surface area contributed by atoms with E-state index in [1.165, 1.54) is 23.2 Å². The summed E-state index contributed by atoms with van der Waals surface area (Å²) in [6, 6.07) is 8.23. The Labute approximate surface area is 99.8 Å². The first kappa shape index (κ1) is 11.4. The van der Waals surface area contributed by atoms with E-state index >= 15 is 0 Å². The number of hydrogen-bond acceptors (Lipinski definition) is 4. The van der Waals surface area contributed by atoms with E-state index in [1.54, 1.807) is 11.5 Å². The normalized spacial score (nSPS) is 10.8. The standard InChI is InChI=1S/C12H17N3S/c13-8-4-1-5-9-14-12-10-6-2-3-7-11(10)15-16-12/h2-3,6-7,14H,1,4-5,8-9,13H2. The molecule has 0 fully saturated rings. The Morgan fingerprint density at radius 1 is 1.19 bits per heavy atom. The molecule has 1 heterocycles. The second kappa shape index (κ2) is 5.82. The fourth-order valence-corrected chi connectivity index (χ4v) is 2.45. The Hall–Kier alpha value is -1.13. The number of nitrogens with zero attached hydrogens (tertiary/aromatic N) is 1. The third-order valence-electron chi connectivity index (χ3n) is 2.55. The highest BCUT2D eigenvalue weighted by molar-refractivity contribution is 7.11. The summed E-state index contributed by atoms with van der Waals surface area (Å²) in [6.45, 7) is 1.80. The molecule has 0 saturated heterocycles. The van der Waals surface area contributed by atoms with Gasteiger partial charge in [-0.15, -0.1) is 0 Å². The summed E-state index contributed by atoms with van der Waals surface area (Å²) >= 11 is 1.54. The van der Waals surface area contributed by atoms with Gasteiger partial charge in [0.05, 0.1) is 5.52 Å². The van der Waals surface area contributed by atoms with Crippen LogP contribution in [-0.2, 0) is 0 Å². The van der Waals surface area contributed by atoms with Crippen LogP contribution in [0.4, 0.5) is 5.00 Å². The molecule has 2 aromatic rings. The summed E-state index contributed by atoms with van der Waals surface area (Å²) in [5, 5.41) is 5.85.